The summed E-state index contributed by atoms with van der Waals surface area (Å²) in [6, 6.07) is 1.62. The lowest BCUT2D eigenvalue weighted by molar-refractivity contribution is 0.0696. The Labute approximate surface area is 110 Å². The molecule has 0 aliphatic rings. The van der Waals surface area contributed by atoms with Crippen LogP contribution in [-0.2, 0) is 2.51 Å². The van der Waals surface area contributed by atoms with Gasteiger partial charge >= 0.3 is 5.97 Å². The van der Waals surface area contributed by atoms with E-state index in [0.717, 1.165) is 23.2 Å². The number of hydrogen-bond acceptors (Lipinski definition) is 4. The molecule has 0 bridgehead atoms. The lowest BCUT2D eigenvalue weighted by atomic mass is 10.2. The Morgan fingerprint density at radius 1 is 1.69 bits per heavy atom. The third-order valence-electron chi connectivity index (χ3n) is 2.17. The molecule has 2 aromatic rings. The van der Waals surface area contributed by atoms with Crippen molar-refractivity contribution in [3.63, 3.8) is 0 Å². The quantitative estimate of drug-likeness (QED) is 0.681. The lowest BCUT2D eigenvalue weighted by Gasteiger charge is -1.99. The topological polar surface area (TPSA) is 64.4 Å². The molecule has 0 aliphatic heterocycles. The van der Waals surface area contributed by atoms with E-state index in [4.69, 9.17) is 7.62 Å². The van der Waals surface area contributed by atoms with Gasteiger partial charge in [0.25, 0.3) is 0 Å². The van der Waals surface area contributed by atoms with Crippen LogP contribution in [0.2, 0.25) is 0 Å². The molecular formula is C9H7IN2O3S. The first kappa shape index (κ1) is 11.7. The van der Waals surface area contributed by atoms with Gasteiger partial charge in [0.1, 0.15) is 35.2 Å². The molecule has 5 nitrogen and oxygen atoms in total. The number of rotatable bonds is 3. The molecule has 0 saturated carbocycles. The number of carbonyl (C=O) groups is 1. The van der Waals surface area contributed by atoms with Crippen LogP contribution >= 0.6 is 35.2 Å². The number of fused-ring (bicyclic) bond motifs is 1. The summed E-state index contributed by atoms with van der Waals surface area (Å²) in [5, 5.41) is 9.69. The summed E-state index contributed by atoms with van der Waals surface area (Å²) in [6.45, 7) is 1.90. The van der Waals surface area contributed by atoms with Crippen LogP contribution < -0.4 is 0 Å². The number of hydrogen-bond donors (Lipinski definition) is 1. The van der Waals surface area contributed by atoms with E-state index >= 15 is 0 Å². The minimum absolute atomic E-state index is 0.189. The molecule has 0 fully saturated rings. The monoisotopic (exact) mass is 350 g/mol. The molecule has 0 spiro atoms. The van der Waals surface area contributed by atoms with Gasteiger partial charge in [-0.2, -0.15) is 0 Å². The molecule has 0 aliphatic carbocycles. The van der Waals surface area contributed by atoms with Gasteiger partial charge in [0.15, 0.2) is 5.65 Å². The number of carboxylic acid groups (broad SMARTS) is 1. The summed E-state index contributed by atoms with van der Waals surface area (Å²) >= 11 is 2.90. The molecule has 16 heavy (non-hydrogen) atoms. The molecule has 2 heterocycles. The van der Waals surface area contributed by atoms with Crippen molar-refractivity contribution in [2.75, 3.05) is 0 Å². The maximum Gasteiger partial charge on any atom is 0.337 e. The largest absolute Gasteiger partial charge is 0.478 e. The summed E-state index contributed by atoms with van der Waals surface area (Å²) in [4.78, 5) is 14.9. The van der Waals surface area contributed by atoms with Crippen molar-refractivity contribution in [1.82, 2.24) is 8.96 Å². The first-order valence-corrected chi connectivity index (χ1v) is 5.88. The highest BCUT2D eigenvalue weighted by molar-refractivity contribution is 14.1. The minimum Gasteiger partial charge on any atom is -0.478 e. The second kappa shape index (κ2) is 4.60. The highest BCUT2D eigenvalue weighted by Crippen LogP contribution is 2.25. The van der Waals surface area contributed by atoms with E-state index in [1.54, 1.807) is 33.0 Å². The number of aromatic carboxylic acids is 1. The van der Waals surface area contributed by atoms with Crippen molar-refractivity contribution in [2.24, 2.45) is 0 Å². The van der Waals surface area contributed by atoms with Gasteiger partial charge in [0.2, 0.25) is 0 Å². The Bertz CT molecular complexity index is 555. The third kappa shape index (κ3) is 2.02. The minimum atomic E-state index is -0.973. The summed E-state index contributed by atoms with van der Waals surface area (Å²) in [6.07, 6.45) is 3.20. The fourth-order valence-corrected chi connectivity index (χ4v) is 2.43. The predicted octanol–water partition coefficient (Wildman–Crippen LogP) is 2.82. The summed E-state index contributed by atoms with van der Waals surface area (Å²) in [5.41, 5.74) is 1.85. The molecule has 1 N–H and O–H groups in total. The van der Waals surface area contributed by atoms with Gasteiger partial charge < -0.3 is 5.11 Å². The average Bonchev–Trinajstić information content (AvgIpc) is 2.56. The van der Waals surface area contributed by atoms with Crippen LogP contribution in [0.25, 0.3) is 11.0 Å². The number of aryl methyl sites for hydroxylation is 1. The summed E-state index contributed by atoms with van der Waals surface area (Å²) in [7, 11) is 0. The second-order valence-electron chi connectivity index (χ2n) is 3.18. The molecule has 0 amide bonds. The lowest BCUT2D eigenvalue weighted by Crippen LogP contribution is -1.97. The van der Waals surface area contributed by atoms with E-state index in [-0.39, 0.29) is 5.56 Å². The maximum atomic E-state index is 10.8. The molecule has 0 atom stereocenters. The van der Waals surface area contributed by atoms with Crippen molar-refractivity contribution < 1.29 is 12.4 Å². The van der Waals surface area contributed by atoms with E-state index in [2.05, 4.69) is 4.98 Å². The first-order valence-electron chi connectivity index (χ1n) is 4.30. The zero-order valence-electron chi connectivity index (χ0n) is 8.18. The normalized spacial score (nSPS) is 10.9. The van der Waals surface area contributed by atoms with Gasteiger partial charge in [-0.15, -0.1) is 0 Å². The maximum absolute atomic E-state index is 10.8. The Morgan fingerprint density at radius 3 is 3.06 bits per heavy atom. The molecule has 2 rings (SSSR count). The number of nitrogens with zero attached hydrogens (tertiary/aromatic N) is 2. The predicted molar refractivity (Wildman–Crippen MR) is 69.5 cm³/mol. The van der Waals surface area contributed by atoms with E-state index in [9.17, 15) is 4.79 Å². The number of aromatic nitrogens is 2. The van der Waals surface area contributed by atoms with Crippen LogP contribution in [0.4, 0.5) is 0 Å². The standard InChI is InChI=1S/C9H7IN2O3S/c1-5-4-12(16-15-10)8-7(5)2-6(3-11-8)9(13)14/h2-4H,1H3,(H,13,14). The molecule has 7 heteroatoms. The van der Waals surface area contributed by atoms with Gasteiger partial charge in [0.05, 0.1) is 5.56 Å². The zero-order valence-corrected chi connectivity index (χ0v) is 11.2. The Hall–Kier alpha value is -0.800. The molecule has 0 radical (unpaired) electrons. The molecule has 0 aromatic carbocycles. The highest BCUT2D eigenvalue weighted by atomic mass is 127. The number of carboxylic acids is 1. The van der Waals surface area contributed by atoms with Gasteiger partial charge in [-0.1, -0.05) is 0 Å². The molecule has 2 aromatic heterocycles. The highest BCUT2D eigenvalue weighted by Gasteiger charge is 2.11. The van der Waals surface area contributed by atoms with Crippen LogP contribution in [0.15, 0.2) is 18.5 Å². The van der Waals surface area contributed by atoms with Gasteiger partial charge in [-0.05, 0) is 18.6 Å². The summed E-state index contributed by atoms with van der Waals surface area (Å²) < 4.78 is 6.67. The van der Waals surface area contributed by atoms with Crippen molar-refractivity contribution in [2.45, 2.75) is 6.92 Å². The Balaban J connectivity index is 2.61. The van der Waals surface area contributed by atoms with Crippen LogP contribution in [0.1, 0.15) is 15.9 Å². The second-order valence-corrected chi connectivity index (χ2v) is 4.92. The van der Waals surface area contributed by atoms with E-state index < -0.39 is 5.97 Å². The number of pyridine rings is 1. The zero-order chi connectivity index (χ0) is 11.7. The fourth-order valence-electron chi connectivity index (χ4n) is 1.43. The fraction of sp³-hybridized carbons (Fsp3) is 0.111. The Kier molecular flexibility index (Phi) is 3.36. The van der Waals surface area contributed by atoms with Crippen molar-refractivity contribution >= 4 is 52.2 Å². The van der Waals surface area contributed by atoms with Crippen molar-refractivity contribution in [3.8, 4) is 0 Å². The molecule has 84 valence electrons. The Morgan fingerprint density at radius 2 is 2.44 bits per heavy atom. The average molecular weight is 350 g/mol. The smallest absolute Gasteiger partial charge is 0.337 e. The molecule has 0 saturated heterocycles. The summed E-state index contributed by atoms with van der Waals surface area (Å²) in [5.74, 6) is -0.973. The van der Waals surface area contributed by atoms with Crippen molar-refractivity contribution in [3.05, 3.63) is 29.6 Å². The van der Waals surface area contributed by atoms with Crippen LogP contribution in [0.5, 0.6) is 0 Å². The first-order chi connectivity index (χ1) is 7.63. The molecule has 0 unspecified atom stereocenters. The van der Waals surface area contributed by atoms with Gasteiger partial charge in [0, 0.05) is 17.8 Å². The third-order valence-corrected chi connectivity index (χ3v) is 3.14. The van der Waals surface area contributed by atoms with Crippen LogP contribution in [-0.4, -0.2) is 20.0 Å². The van der Waals surface area contributed by atoms with Crippen LogP contribution in [0.3, 0.4) is 0 Å². The van der Waals surface area contributed by atoms with Gasteiger partial charge in [-0.25, -0.2) is 12.3 Å². The van der Waals surface area contributed by atoms with Crippen molar-refractivity contribution in [1.29, 1.82) is 0 Å². The van der Waals surface area contributed by atoms with Crippen LogP contribution in [0, 0.1) is 6.92 Å². The SMILES string of the molecule is Cc1cn(SOI)c2ncc(C(=O)O)cc12. The van der Waals surface area contributed by atoms with Gasteiger partial charge in [-0.3, -0.25) is 3.97 Å². The number of halogens is 1. The van der Waals surface area contributed by atoms with E-state index in [1.807, 2.05) is 13.1 Å². The van der Waals surface area contributed by atoms with E-state index in [0.29, 0.717) is 5.65 Å². The molecular weight excluding hydrogens is 343 g/mol. The van der Waals surface area contributed by atoms with E-state index in [1.165, 1.54) is 6.20 Å².